The van der Waals surface area contributed by atoms with Crippen LogP contribution in [0.25, 0.3) is 0 Å². The molecule has 0 spiro atoms. The first-order valence-corrected chi connectivity index (χ1v) is 6.80. The average molecular weight is 296 g/mol. The molecular formula is C14H17FN2O4. The van der Waals surface area contributed by atoms with E-state index in [-0.39, 0.29) is 17.6 Å². The van der Waals surface area contributed by atoms with E-state index in [0.29, 0.717) is 13.2 Å². The lowest BCUT2D eigenvalue weighted by Gasteiger charge is -2.27. The lowest BCUT2D eigenvalue weighted by Crippen LogP contribution is -2.37. The zero-order valence-electron chi connectivity index (χ0n) is 11.8. The van der Waals surface area contributed by atoms with Crippen molar-refractivity contribution in [2.24, 2.45) is 0 Å². The van der Waals surface area contributed by atoms with Crippen LogP contribution in [0.2, 0.25) is 0 Å². The van der Waals surface area contributed by atoms with E-state index in [4.69, 9.17) is 4.74 Å². The van der Waals surface area contributed by atoms with Gasteiger partial charge in [-0.3, -0.25) is 14.9 Å². The third kappa shape index (κ3) is 3.75. The van der Waals surface area contributed by atoms with E-state index >= 15 is 0 Å². The van der Waals surface area contributed by atoms with Crippen LogP contribution >= 0.6 is 0 Å². The molecule has 6 nitrogen and oxygen atoms in total. The first-order valence-electron chi connectivity index (χ1n) is 6.80. The third-order valence-electron chi connectivity index (χ3n) is 3.49. The molecule has 1 aliphatic rings. The summed E-state index contributed by atoms with van der Waals surface area (Å²) in [4.78, 5) is 23.5. The molecule has 0 N–H and O–H groups in total. The van der Waals surface area contributed by atoms with Gasteiger partial charge in [0.05, 0.1) is 11.0 Å². The number of nitro benzene ring substituents is 1. The highest BCUT2D eigenvalue weighted by molar-refractivity contribution is 5.94. The summed E-state index contributed by atoms with van der Waals surface area (Å²) in [5.74, 6) is -1.33. The van der Waals surface area contributed by atoms with Crippen molar-refractivity contribution in [3.63, 3.8) is 0 Å². The summed E-state index contributed by atoms with van der Waals surface area (Å²) >= 11 is 0. The van der Waals surface area contributed by atoms with E-state index in [2.05, 4.69) is 0 Å². The van der Waals surface area contributed by atoms with Crippen molar-refractivity contribution < 1.29 is 18.8 Å². The number of rotatable bonds is 4. The van der Waals surface area contributed by atoms with Crippen LogP contribution in [0.4, 0.5) is 10.1 Å². The summed E-state index contributed by atoms with van der Waals surface area (Å²) in [6.07, 6.45) is 2.97. The molecule has 1 aromatic carbocycles. The second-order valence-corrected chi connectivity index (χ2v) is 5.10. The molecule has 1 heterocycles. The highest BCUT2D eigenvalue weighted by atomic mass is 19.1. The van der Waals surface area contributed by atoms with Gasteiger partial charge in [-0.05, 0) is 31.4 Å². The molecule has 1 aliphatic heterocycles. The maximum Gasteiger partial charge on any atom is 0.305 e. The number of benzene rings is 1. The highest BCUT2D eigenvalue weighted by Crippen LogP contribution is 2.20. The number of amides is 1. The van der Waals surface area contributed by atoms with Crippen molar-refractivity contribution in [2.45, 2.75) is 25.4 Å². The lowest BCUT2D eigenvalue weighted by atomic mass is 10.1. The summed E-state index contributed by atoms with van der Waals surface area (Å²) < 4.78 is 18.8. The van der Waals surface area contributed by atoms with E-state index in [1.54, 1.807) is 7.05 Å². The van der Waals surface area contributed by atoms with Crippen molar-refractivity contribution in [3.8, 4) is 0 Å². The molecule has 114 valence electrons. The van der Waals surface area contributed by atoms with E-state index in [0.717, 1.165) is 31.4 Å². The molecule has 1 amide bonds. The first kappa shape index (κ1) is 15.4. The van der Waals surface area contributed by atoms with E-state index in [9.17, 15) is 19.3 Å². The van der Waals surface area contributed by atoms with Gasteiger partial charge in [-0.1, -0.05) is 0 Å². The molecule has 0 radical (unpaired) electrons. The van der Waals surface area contributed by atoms with Crippen LogP contribution in [0.1, 0.15) is 29.6 Å². The quantitative estimate of drug-likeness (QED) is 0.631. The Morgan fingerprint density at radius 1 is 1.52 bits per heavy atom. The number of ether oxygens (including phenoxy) is 1. The molecular weight excluding hydrogens is 279 g/mol. The number of likely N-dealkylation sites (N-methyl/N-ethyl adjacent to an activating group) is 1. The van der Waals surface area contributed by atoms with Crippen LogP contribution in [0.3, 0.4) is 0 Å². The predicted octanol–water partition coefficient (Wildman–Crippen LogP) is 2.38. The fourth-order valence-corrected chi connectivity index (χ4v) is 2.35. The number of halogens is 1. The fourth-order valence-electron chi connectivity index (χ4n) is 2.35. The number of nitro groups is 1. The Morgan fingerprint density at radius 3 is 2.90 bits per heavy atom. The normalized spacial score (nSPS) is 18.3. The zero-order chi connectivity index (χ0) is 15.4. The van der Waals surface area contributed by atoms with Gasteiger partial charge in [0, 0.05) is 31.8 Å². The molecule has 21 heavy (non-hydrogen) atoms. The second-order valence-electron chi connectivity index (χ2n) is 5.10. The molecule has 0 bridgehead atoms. The van der Waals surface area contributed by atoms with Crippen molar-refractivity contribution in [2.75, 3.05) is 20.2 Å². The van der Waals surface area contributed by atoms with Crippen molar-refractivity contribution >= 4 is 11.6 Å². The van der Waals surface area contributed by atoms with Crippen molar-refractivity contribution in [1.29, 1.82) is 0 Å². The monoisotopic (exact) mass is 296 g/mol. The Balaban J connectivity index is 2.08. The maximum absolute atomic E-state index is 13.3. The Hall–Kier alpha value is -2.02. The van der Waals surface area contributed by atoms with Crippen LogP contribution in [0.15, 0.2) is 18.2 Å². The van der Waals surface area contributed by atoms with Crippen molar-refractivity contribution in [3.05, 3.63) is 39.7 Å². The summed E-state index contributed by atoms with van der Waals surface area (Å²) in [6, 6.07) is 3.16. The van der Waals surface area contributed by atoms with Gasteiger partial charge >= 0.3 is 5.69 Å². The Morgan fingerprint density at radius 2 is 2.29 bits per heavy atom. The molecule has 1 unspecified atom stereocenters. The van der Waals surface area contributed by atoms with Gasteiger partial charge in [-0.25, -0.2) is 0 Å². The van der Waals surface area contributed by atoms with Gasteiger partial charge in [0.2, 0.25) is 5.82 Å². The molecule has 1 fully saturated rings. The summed E-state index contributed by atoms with van der Waals surface area (Å²) in [5.41, 5.74) is -0.593. The standard InChI is InChI=1S/C14H17FN2O4/c1-16(9-11-4-2-3-7-21-11)14(18)10-5-6-12(15)13(8-10)17(19)20/h5-6,8,11H,2-4,7,9H2,1H3. The van der Waals surface area contributed by atoms with Gasteiger partial charge < -0.3 is 9.64 Å². The Kier molecular flexibility index (Phi) is 4.85. The number of hydrogen-bond donors (Lipinski definition) is 0. The lowest BCUT2D eigenvalue weighted by molar-refractivity contribution is -0.387. The molecule has 7 heteroatoms. The summed E-state index contributed by atoms with van der Waals surface area (Å²) in [5, 5.41) is 10.7. The minimum atomic E-state index is -0.949. The van der Waals surface area contributed by atoms with Gasteiger partial charge in [-0.15, -0.1) is 0 Å². The molecule has 0 aromatic heterocycles. The molecule has 0 aliphatic carbocycles. The minimum absolute atomic E-state index is 0.0110. The maximum atomic E-state index is 13.3. The smallest absolute Gasteiger partial charge is 0.305 e. The van der Waals surface area contributed by atoms with E-state index < -0.39 is 16.4 Å². The average Bonchev–Trinajstić information content (AvgIpc) is 2.47. The van der Waals surface area contributed by atoms with Crippen LogP contribution in [0.5, 0.6) is 0 Å². The fraction of sp³-hybridized carbons (Fsp3) is 0.500. The predicted molar refractivity (Wildman–Crippen MR) is 73.6 cm³/mol. The van der Waals surface area contributed by atoms with Crippen LogP contribution in [-0.4, -0.2) is 42.0 Å². The highest BCUT2D eigenvalue weighted by Gasteiger charge is 2.22. The number of carbonyl (C=O) groups excluding carboxylic acids is 1. The summed E-state index contributed by atoms with van der Waals surface area (Å²) in [6.45, 7) is 1.11. The minimum Gasteiger partial charge on any atom is -0.376 e. The Bertz CT molecular complexity index is 544. The number of nitrogens with zero attached hydrogens (tertiary/aromatic N) is 2. The van der Waals surface area contributed by atoms with Gasteiger partial charge in [0.15, 0.2) is 0 Å². The molecule has 1 saturated heterocycles. The summed E-state index contributed by atoms with van der Waals surface area (Å²) in [7, 11) is 1.61. The third-order valence-corrected chi connectivity index (χ3v) is 3.49. The van der Waals surface area contributed by atoms with Crippen LogP contribution < -0.4 is 0 Å². The van der Waals surface area contributed by atoms with Gasteiger partial charge in [0.1, 0.15) is 0 Å². The number of carbonyl (C=O) groups is 1. The van der Waals surface area contributed by atoms with E-state index in [1.807, 2.05) is 0 Å². The van der Waals surface area contributed by atoms with E-state index in [1.165, 1.54) is 11.0 Å². The molecule has 1 atom stereocenters. The first-order chi connectivity index (χ1) is 9.99. The Labute approximate surface area is 121 Å². The van der Waals surface area contributed by atoms with Crippen molar-refractivity contribution in [1.82, 2.24) is 4.90 Å². The van der Waals surface area contributed by atoms with Crippen LogP contribution in [-0.2, 0) is 4.74 Å². The second kappa shape index (κ2) is 6.62. The molecule has 1 aromatic rings. The van der Waals surface area contributed by atoms with Gasteiger partial charge in [-0.2, -0.15) is 4.39 Å². The van der Waals surface area contributed by atoms with Crippen LogP contribution in [0, 0.1) is 15.9 Å². The topological polar surface area (TPSA) is 72.7 Å². The molecule has 2 rings (SSSR count). The molecule has 0 saturated carbocycles. The SMILES string of the molecule is CN(CC1CCCCO1)C(=O)c1ccc(F)c([N+](=O)[O-])c1. The largest absolute Gasteiger partial charge is 0.376 e. The van der Waals surface area contributed by atoms with Gasteiger partial charge in [0.25, 0.3) is 5.91 Å². The zero-order valence-corrected chi connectivity index (χ0v) is 11.8. The number of hydrogen-bond acceptors (Lipinski definition) is 4.